The summed E-state index contributed by atoms with van der Waals surface area (Å²) in [6.45, 7) is 10.2. The van der Waals surface area contributed by atoms with Crippen LogP contribution in [0.1, 0.15) is 58.6 Å². The van der Waals surface area contributed by atoms with E-state index >= 15 is 0 Å². The third-order valence-electron chi connectivity index (χ3n) is 6.77. The smallest absolute Gasteiger partial charge is 0.408 e. The second-order valence-corrected chi connectivity index (χ2v) is 13.9. The van der Waals surface area contributed by atoms with E-state index in [4.69, 9.17) is 30.5 Å². The second-order valence-electron chi connectivity index (χ2n) is 12.0. The first-order chi connectivity index (χ1) is 19.8. The van der Waals surface area contributed by atoms with E-state index in [1.165, 1.54) is 0 Å². The highest BCUT2D eigenvalue weighted by Crippen LogP contribution is 2.31. The minimum atomic E-state index is -1.42. The Morgan fingerprint density at radius 2 is 1.69 bits per heavy atom. The summed E-state index contributed by atoms with van der Waals surface area (Å²) in [4.78, 5) is 13.9. The van der Waals surface area contributed by atoms with Crippen LogP contribution in [0.2, 0.25) is 5.02 Å². The molecule has 226 valence electrons. The molecule has 1 saturated heterocycles. The molecule has 42 heavy (non-hydrogen) atoms. The lowest BCUT2D eigenvalue weighted by Gasteiger charge is -2.44. The van der Waals surface area contributed by atoms with Crippen molar-refractivity contribution in [3.05, 3.63) is 88.9 Å². The highest BCUT2D eigenvalue weighted by Gasteiger charge is 2.41. The summed E-state index contributed by atoms with van der Waals surface area (Å²) in [5.74, 6) is -0.0676. The minimum Gasteiger partial charge on any atom is -0.606 e. The molecule has 7 nitrogen and oxygen atoms in total. The SMILES string of the molecule is CC(C)(C)OC(=O)NC1(CCCc2ccc([S+]([O-])c3cccc(OCc4ccccc4)c3)cc2Cl)COC(C)(C)OC1. The van der Waals surface area contributed by atoms with Gasteiger partial charge in [0.15, 0.2) is 15.6 Å². The van der Waals surface area contributed by atoms with Gasteiger partial charge in [0.05, 0.1) is 18.8 Å². The molecule has 1 heterocycles. The van der Waals surface area contributed by atoms with Crippen molar-refractivity contribution in [2.75, 3.05) is 13.2 Å². The van der Waals surface area contributed by atoms with Crippen LogP contribution in [0.4, 0.5) is 4.79 Å². The number of carbonyl (C=O) groups is 1. The lowest BCUT2D eigenvalue weighted by Crippen LogP contribution is -2.61. The molecule has 3 aromatic rings. The second kappa shape index (κ2) is 13.7. The van der Waals surface area contributed by atoms with E-state index in [1.807, 2.05) is 95.3 Å². The summed E-state index contributed by atoms with van der Waals surface area (Å²) in [6.07, 6.45) is 1.47. The lowest BCUT2D eigenvalue weighted by atomic mass is 9.92. The Balaban J connectivity index is 1.37. The van der Waals surface area contributed by atoms with Crippen LogP contribution in [-0.2, 0) is 38.4 Å². The zero-order valence-corrected chi connectivity index (χ0v) is 26.5. The van der Waals surface area contributed by atoms with Crippen LogP contribution in [0.15, 0.2) is 82.6 Å². The minimum absolute atomic E-state index is 0.305. The quantitative estimate of drug-likeness (QED) is 0.239. The van der Waals surface area contributed by atoms with Gasteiger partial charge in [0, 0.05) is 28.3 Å². The Morgan fingerprint density at radius 1 is 1.00 bits per heavy atom. The average molecular weight is 614 g/mol. The summed E-state index contributed by atoms with van der Waals surface area (Å²) in [6, 6.07) is 22.7. The summed E-state index contributed by atoms with van der Waals surface area (Å²) in [5, 5.41) is 3.54. The predicted octanol–water partition coefficient (Wildman–Crippen LogP) is 7.45. The Hall–Kier alpha value is -2.75. The van der Waals surface area contributed by atoms with E-state index in [9.17, 15) is 9.35 Å². The maximum Gasteiger partial charge on any atom is 0.408 e. The van der Waals surface area contributed by atoms with Crippen molar-refractivity contribution in [2.24, 2.45) is 0 Å². The van der Waals surface area contributed by atoms with Gasteiger partial charge in [-0.05, 0) is 83.2 Å². The van der Waals surface area contributed by atoms with E-state index < -0.39 is 34.2 Å². The summed E-state index contributed by atoms with van der Waals surface area (Å²) < 4.78 is 36.6. The van der Waals surface area contributed by atoms with Crippen molar-refractivity contribution in [3.8, 4) is 5.75 Å². The number of ether oxygens (including phenoxy) is 4. The predicted molar refractivity (Wildman–Crippen MR) is 164 cm³/mol. The zero-order chi connectivity index (χ0) is 30.4. The van der Waals surface area contributed by atoms with E-state index in [0.29, 0.717) is 59.6 Å². The molecule has 1 unspecified atom stereocenters. The van der Waals surface area contributed by atoms with Crippen LogP contribution in [-0.4, -0.2) is 40.8 Å². The third-order valence-corrected chi connectivity index (χ3v) is 8.48. The standard InChI is InChI=1S/C33H40ClNO6S/c1-31(2,3)41-30(36)35-33(22-39-32(4,5)40-23-33)18-10-13-25-16-17-28(20-29(25)34)42(37)27-15-9-14-26(19-27)38-21-24-11-7-6-8-12-24/h6-9,11-12,14-17,19-20H,10,13,18,21-23H2,1-5H3,(H,35,36). The molecule has 4 rings (SSSR count). The maximum absolute atomic E-state index is 13.4. The summed E-state index contributed by atoms with van der Waals surface area (Å²) >= 11 is 5.24. The number of halogens is 1. The Kier molecular flexibility index (Phi) is 10.5. The molecule has 0 radical (unpaired) electrons. The van der Waals surface area contributed by atoms with E-state index in [-0.39, 0.29) is 0 Å². The van der Waals surface area contributed by atoms with E-state index in [1.54, 1.807) is 12.1 Å². The highest BCUT2D eigenvalue weighted by molar-refractivity contribution is 7.91. The maximum atomic E-state index is 13.4. The fraction of sp³-hybridized carbons (Fsp3) is 0.424. The van der Waals surface area contributed by atoms with Gasteiger partial charge in [0.25, 0.3) is 0 Å². The van der Waals surface area contributed by atoms with Crippen LogP contribution < -0.4 is 10.1 Å². The van der Waals surface area contributed by atoms with Gasteiger partial charge in [0.1, 0.15) is 18.0 Å². The monoisotopic (exact) mass is 613 g/mol. The molecule has 0 spiro atoms. The first-order valence-corrected chi connectivity index (χ1v) is 15.6. The van der Waals surface area contributed by atoms with Crippen LogP contribution >= 0.6 is 11.6 Å². The molecule has 1 atom stereocenters. The van der Waals surface area contributed by atoms with Gasteiger partial charge in [-0.1, -0.05) is 54.1 Å². The number of hydrogen-bond donors (Lipinski definition) is 1. The Bertz CT molecular complexity index is 1330. The Labute approximate surface area is 257 Å². The number of hydrogen-bond acceptors (Lipinski definition) is 6. The van der Waals surface area contributed by atoms with E-state index in [0.717, 1.165) is 11.1 Å². The highest BCUT2D eigenvalue weighted by atomic mass is 35.5. The number of nitrogens with one attached hydrogen (secondary N) is 1. The third kappa shape index (κ3) is 9.38. The van der Waals surface area contributed by atoms with Crippen molar-refractivity contribution < 1.29 is 28.3 Å². The molecular formula is C33H40ClNO6S. The van der Waals surface area contributed by atoms with Crippen LogP contribution in [0.25, 0.3) is 0 Å². The first-order valence-electron chi connectivity index (χ1n) is 14.1. The number of amides is 1. The average Bonchev–Trinajstić information content (AvgIpc) is 2.94. The van der Waals surface area contributed by atoms with Crippen LogP contribution in [0.5, 0.6) is 5.75 Å². The van der Waals surface area contributed by atoms with Crippen molar-refractivity contribution in [1.29, 1.82) is 0 Å². The molecular weight excluding hydrogens is 574 g/mol. The van der Waals surface area contributed by atoms with Crippen LogP contribution in [0, 0.1) is 0 Å². The normalized spacial score (nSPS) is 16.8. The van der Waals surface area contributed by atoms with Crippen LogP contribution in [0.3, 0.4) is 0 Å². The van der Waals surface area contributed by atoms with Crippen molar-refractivity contribution in [2.45, 2.75) is 87.2 Å². The van der Waals surface area contributed by atoms with Crippen molar-refractivity contribution in [3.63, 3.8) is 0 Å². The fourth-order valence-corrected chi connectivity index (χ4v) is 5.98. The van der Waals surface area contributed by atoms with Gasteiger partial charge in [-0.2, -0.15) is 0 Å². The number of alkyl carbamates (subject to hydrolysis) is 1. The molecule has 0 bridgehead atoms. The molecule has 9 heteroatoms. The Morgan fingerprint density at radius 3 is 2.36 bits per heavy atom. The zero-order valence-electron chi connectivity index (χ0n) is 24.9. The lowest BCUT2D eigenvalue weighted by molar-refractivity contribution is -0.271. The van der Waals surface area contributed by atoms with Gasteiger partial charge < -0.3 is 28.8 Å². The van der Waals surface area contributed by atoms with E-state index in [2.05, 4.69) is 5.32 Å². The molecule has 3 aromatic carbocycles. The molecule has 1 aliphatic rings. The number of benzene rings is 3. The molecule has 0 saturated carbocycles. The summed E-state index contributed by atoms with van der Waals surface area (Å²) in [5.41, 5.74) is 0.652. The molecule has 0 aliphatic carbocycles. The fourth-order valence-electron chi connectivity index (χ4n) is 4.53. The van der Waals surface area contributed by atoms with Gasteiger partial charge in [-0.15, -0.1) is 0 Å². The van der Waals surface area contributed by atoms with Gasteiger partial charge in [-0.3, -0.25) is 0 Å². The first kappa shape index (κ1) is 32.2. The number of aryl methyl sites for hydroxylation is 1. The van der Waals surface area contributed by atoms with Gasteiger partial charge in [0.2, 0.25) is 0 Å². The topological polar surface area (TPSA) is 89.1 Å². The molecule has 1 amide bonds. The van der Waals surface area contributed by atoms with Crippen molar-refractivity contribution in [1.82, 2.24) is 5.32 Å². The van der Waals surface area contributed by atoms with Gasteiger partial charge in [-0.25, -0.2) is 4.79 Å². The molecule has 1 aliphatic heterocycles. The molecule has 1 N–H and O–H groups in total. The van der Waals surface area contributed by atoms with Crippen molar-refractivity contribution >= 4 is 28.9 Å². The number of carbonyl (C=O) groups excluding carboxylic acids is 1. The molecule has 1 fully saturated rings. The number of rotatable bonds is 10. The molecule has 0 aromatic heterocycles. The largest absolute Gasteiger partial charge is 0.606 e. The van der Waals surface area contributed by atoms with Gasteiger partial charge >= 0.3 is 6.09 Å². The summed E-state index contributed by atoms with van der Waals surface area (Å²) in [7, 11) is 0.